The minimum absolute atomic E-state index is 0.172. The molecule has 8 nitrogen and oxygen atoms in total. The molecule has 1 unspecified atom stereocenters. The van der Waals surface area contributed by atoms with Gasteiger partial charge in [-0.1, -0.05) is 19.1 Å². The number of rotatable bonds is 6. The second-order valence-electron chi connectivity index (χ2n) is 7.41. The van der Waals surface area contributed by atoms with E-state index in [1.54, 1.807) is 45.3 Å². The van der Waals surface area contributed by atoms with Gasteiger partial charge in [-0.3, -0.25) is 19.3 Å². The summed E-state index contributed by atoms with van der Waals surface area (Å²) in [5, 5.41) is 5.26. The molecule has 0 bridgehead atoms. The van der Waals surface area contributed by atoms with Gasteiger partial charge < -0.3 is 15.5 Å². The Bertz CT molecular complexity index is 1020. The van der Waals surface area contributed by atoms with E-state index in [-0.39, 0.29) is 12.3 Å². The Labute approximate surface area is 179 Å². The molecule has 162 valence electrons. The molecule has 1 heterocycles. The van der Waals surface area contributed by atoms with E-state index >= 15 is 0 Å². The van der Waals surface area contributed by atoms with Crippen LogP contribution in [0.2, 0.25) is 0 Å². The molecule has 2 N–H and O–H groups in total. The number of hydrogen-bond donors (Lipinski definition) is 2. The summed E-state index contributed by atoms with van der Waals surface area (Å²) in [4.78, 5) is 52.2. The molecule has 1 aliphatic rings. The number of nitrogens with one attached hydrogen (secondary N) is 2. The number of amides is 5. The van der Waals surface area contributed by atoms with Crippen LogP contribution in [0, 0.1) is 5.82 Å². The van der Waals surface area contributed by atoms with Crippen LogP contribution in [0.4, 0.5) is 14.9 Å². The lowest BCUT2D eigenvalue weighted by molar-refractivity contribution is -0.134. The molecule has 3 rings (SSSR count). The molecule has 0 spiro atoms. The number of carbonyl (C=O) groups excluding carboxylic acids is 4. The minimum Gasteiger partial charge on any atom is -0.345 e. The number of carbonyl (C=O) groups is 4. The zero-order valence-electron chi connectivity index (χ0n) is 17.4. The zero-order valence-corrected chi connectivity index (χ0v) is 17.4. The van der Waals surface area contributed by atoms with Crippen molar-refractivity contribution in [1.29, 1.82) is 0 Å². The first-order valence-electron chi connectivity index (χ1n) is 9.69. The molecule has 1 saturated heterocycles. The van der Waals surface area contributed by atoms with Crippen LogP contribution in [0.25, 0.3) is 0 Å². The fourth-order valence-corrected chi connectivity index (χ4v) is 3.44. The third-order valence-corrected chi connectivity index (χ3v) is 5.17. The van der Waals surface area contributed by atoms with Gasteiger partial charge in [0.2, 0.25) is 5.91 Å². The molecular formula is C22H23FN4O4. The van der Waals surface area contributed by atoms with Gasteiger partial charge >= 0.3 is 6.03 Å². The molecule has 2 aromatic rings. The number of nitrogens with zero attached hydrogens (tertiary/aromatic N) is 2. The highest BCUT2D eigenvalue weighted by molar-refractivity contribution is 6.10. The largest absolute Gasteiger partial charge is 0.345 e. The smallest absolute Gasteiger partial charge is 0.325 e. The Morgan fingerprint density at radius 3 is 2.23 bits per heavy atom. The SMILES string of the molecule is CCC1(c2ccc(F)cc2)NC(=O)N(CC(=O)Nc2ccc(C(=O)N(C)C)cc2)C1=O. The van der Waals surface area contributed by atoms with E-state index < -0.39 is 35.7 Å². The maximum Gasteiger partial charge on any atom is 0.325 e. The molecule has 31 heavy (non-hydrogen) atoms. The molecule has 0 aromatic heterocycles. The van der Waals surface area contributed by atoms with Crippen LogP contribution in [0.5, 0.6) is 0 Å². The average Bonchev–Trinajstić information content (AvgIpc) is 2.99. The zero-order chi connectivity index (χ0) is 22.8. The molecule has 0 aliphatic carbocycles. The van der Waals surface area contributed by atoms with E-state index in [1.807, 2.05) is 0 Å². The maximum atomic E-state index is 13.3. The number of halogens is 1. The first kappa shape index (κ1) is 21.9. The maximum absolute atomic E-state index is 13.3. The van der Waals surface area contributed by atoms with Crippen molar-refractivity contribution >= 4 is 29.4 Å². The minimum atomic E-state index is -1.35. The summed E-state index contributed by atoms with van der Waals surface area (Å²) in [5.74, 6) is -1.77. The van der Waals surface area contributed by atoms with Crippen LogP contribution in [-0.4, -0.2) is 54.2 Å². The Kier molecular flexibility index (Phi) is 6.05. The lowest BCUT2D eigenvalue weighted by Crippen LogP contribution is -2.44. The number of benzene rings is 2. The average molecular weight is 426 g/mol. The van der Waals surface area contributed by atoms with Crippen molar-refractivity contribution in [3.05, 3.63) is 65.5 Å². The van der Waals surface area contributed by atoms with E-state index in [2.05, 4.69) is 10.6 Å². The van der Waals surface area contributed by atoms with Gasteiger partial charge in [0.05, 0.1) is 0 Å². The molecule has 0 saturated carbocycles. The Morgan fingerprint density at radius 2 is 1.68 bits per heavy atom. The first-order valence-corrected chi connectivity index (χ1v) is 9.69. The third kappa shape index (κ3) is 4.25. The van der Waals surface area contributed by atoms with Crippen molar-refractivity contribution in [2.75, 3.05) is 26.0 Å². The standard InChI is InChI=1S/C22H23FN4O4/c1-4-22(15-7-9-16(23)10-8-15)20(30)27(21(31)25-22)13-18(28)24-17-11-5-14(6-12-17)19(29)26(2)3/h5-12H,4,13H2,1-3H3,(H,24,28)(H,25,31). The van der Waals surface area contributed by atoms with Gasteiger partial charge in [-0.2, -0.15) is 0 Å². The normalized spacial score (nSPS) is 18.0. The van der Waals surface area contributed by atoms with Crippen LogP contribution in [0.1, 0.15) is 29.3 Å². The van der Waals surface area contributed by atoms with Crippen molar-refractivity contribution in [2.45, 2.75) is 18.9 Å². The topological polar surface area (TPSA) is 98.8 Å². The number of hydrogen-bond acceptors (Lipinski definition) is 4. The first-order chi connectivity index (χ1) is 14.7. The Hall–Kier alpha value is -3.75. The van der Waals surface area contributed by atoms with Gasteiger partial charge in [0.15, 0.2) is 0 Å². The molecule has 5 amide bonds. The fourth-order valence-electron chi connectivity index (χ4n) is 3.44. The summed E-state index contributed by atoms with van der Waals surface area (Å²) in [6.45, 7) is 1.24. The molecule has 1 fully saturated rings. The Morgan fingerprint density at radius 1 is 1.06 bits per heavy atom. The van der Waals surface area contributed by atoms with Crippen LogP contribution >= 0.6 is 0 Å². The summed E-state index contributed by atoms with van der Waals surface area (Å²) in [5.41, 5.74) is -0.0187. The molecule has 0 radical (unpaired) electrons. The summed E-state index contributed by atoms with van der Waals surface area (Å²) in [7, 11) is 3.27. The molecule has 9 heteroatoms. The number of urea groups is 1. The second-order valence-corrected chi connectivity index (χ2v) is 7.41. The van der Waals surface area contributed by atoms with Crippen LogP contribution < -0.4 is 10.6 Å². The van der Waals surface area contributed by atoms with E-state index in [1.165, 1.54) is 29.2 Å². The van der Waals surface area contributed by atoms with Crippen molar-refractivity contribution in [3.8, 4) is 0 Å². The number of imide groups is 1. The van der Waals surface area contributed by atoms with Gasteiger partial charge in [0, 0.05) is 25.3 Å². The van der Waals surface area contributed by atoms with Crippen molar-refractivity contribution in [2.24, 2.45) is 0 Å². The van der Waals surface area contributed by atoms with E-state index in [0.717, 1.165) is 4.90 Å². The summed E-state index contributed by atoms with van der Waals surface area (Å²) >= 11 is 0. The summed E-state index contributed by atoms with van der Waals surface area (Å²) in [6, 6.07) is 10.9. The van der Waals surface area contributed by atoms with Gasteiger partial charge in [-0.05, 0) is 48.4 Å². The van der Waals surface area contributed by atoms with Gasteiger partial charge in [0.25, 0.3) is 11.8 Å². The summed E-state index contributed by atoms with van der Waals surface area (Å²) in [6.07, 6.45) is 0.239. The Balaban J connectivity index is 1.71. The van der Waals surface area contributed by atoms with E-state index in [4.69, 9.17) is 0 Å². The van der Waals surface area contributed by atoms with E-state index in [9.17, 15) is 23.6 Å². The highest BCUT2D eigenvalue weighted by Crippen LogP contribution is 2.32. The predicted octanol–water partition coefficient (Wildman–Crippen LogP) is 2.32. The van der Waals surface area contributed by atoms with Crippen molar-refractivity contribution in [3.63, 3.8) is 0 Å². The fraction of sp³-hybridized carbons (Fsp3) is 0.273. The lowest BCUT2D eigenvalue weighted by atomic mass is 9.87. The molecule has 1 aliphatic heterocycles. The van der Waals surface area contributed by atoms with Gasteiger partial charge in [0.1, 0.15) is 17.9 Å². The number of anilines is 1. The van der Waals surface area contributed by atoms with Crippen LogP contribution in [-0.2, 0) is 15.1 Å². The predicted molar refractivity (Wildman–Crippen MR) is 112 cm³/mol. The highest BCUT2D eigenvalue weighted by atomic mass is 19.1. The van der Waals surface area contributed by atoms with E-state index in [0.29, 0.717) is 16.8 Å². The molecular weight excluding hydrogens is 403 g/mol. The van der Waals surface area contributed by atoms with Crippen molar-refractivity contribution < 1.29 is 23.6 Å². The van der Waals surface area contributed by atoms with Crippen LogP contribution in [0.3, 0.4) is 0 Å². The highest BCUT2D eigenvalue weighted by Gasteiger charge is 2.51. The van der Waals surface area contributed by atoms with Crippen LogP contribution in [0.15, 0.2) is 48.5 Å². The monoisotopic (exact) mass is 426 g/mol. The second kappa shape index (κ2) is 8.55. The van der Waals surface area contributed by atoms with Gasteiger partial charge in [-0.25, -0.2) is 9.18 Å². The lowest BCUT2D eigenvalue weighted by Gasteiger charge is -2.25. The van der Waals surface area contributed by atoms with Gasteiger partial charge in [-0.15, -0.1) is 0 Å². The molecule has 2 aromatic carbocycles. The van der Waals surface area contributed by atoms with Crippen molar-refractivity contribution in [1.82, 2.24) is 15.1 Å². The summed E-state index contributed by atoms with van der Waals surface area (Å²) < 4.78 is 13.3. The quantitative estimate of drug-likeness (QED) is 0.693. The third-order valence-electron chi connectivity index (χ3n) is 5.17. The molecule has 1 atom stereocenters.